The highest BCUT2D eigenvalue weighted by Crippen LogP contribution is 2.40. The molecule has 8 aromatic rings. The Morgan fingerprint density at radius 1 is 0.423 bits per heavy atom. The van der Waals surface area contributed by atoms with E-state index in [0.717, 1.165) is 120 Å². The van der Waals surface area contributed by atoms with Crippen molar-refractivity contribution in [1.82, 2.24) is 34.8 Å². The number of nitrogens with one attached hydrogen (secondary N) is 1. The maximum Gasteiger partial charge on any atom is 0.418 e. The van der Waals surface area contributed by atoms with Crippen molar-refractivity contribution < 1.29 is 117 Å². The largest absolute Gasteiger partial charge is 0.481 e. The Morgan fingerprint density at radius 2 is 0.777 bits per heavy atom. The lowest BCUT2D eigenvalue weighted by molar-refractivity contribution is -0.142. The van der Waals surface area contributed by atoms with Gasteiger partial charge in [-0.15, -0.1) is 0 Å². The van der Waals surface area contributed by atoms with Crippen molar-refractivity contribution in [3.8, 4) is 0 Å². The number of carboxylic acids is 2. The summed E-state index contributed by atoms with van der Waals surface area (Å²) in [6.45, 7) is 3.84. The number of aromatic carboxylic acids is 1. The van der Waals surface area contributed by atoms with E-state index in [0.29, 0.717) is 65.1 Å². The molecule has 4 saturated carbocycles. The molecule has 702 valence electrons. The summed E-state index contributed by atoms with van der Waals surface area (Å²) in [5.41, 5.74) is 12.2. The number of carboxylic acid groups (broad SMARTS) is 2. The number of hydrogen-bond acceptors (Lipinski definition) is 23. The Labute approximate surface area is 746 Å². The number of fused-ring (bicyclic) bond motifs is 1. The number of pyridine rings is 4. The number of benzene rings is 3. The normalized spacial score (nSPS) is 15.3. The van der Waals surface area contributed by atoms with Crippen LogP contribution in [0.5, 0.6) is 0 Å². The highest BCUT2D eigenvalue weighted by molar-refractivity contribution is 6.03. The highest BCUT2D eigenvalue weighted by atomic mass is 19.4. The van der Waals surface area contributed by atoms with Crippen LogP contribution in [0.1, 0.15) is 270 Å². The number of para-hydroxylation sites is 3. The van der Waals surface area contributed by atoms with E-state index in [-0.39, 0.29) is 75.9 Å². The molecule has 27 nitrogen and oxygen atoms in total. The molecule has 5 aromatic heterocycles. The molecule has 4 aliphatic carbocycles. The predicted octanol–water partition coefficient (Wildman–Crippen LogP) is 18.0. The zero-order valence-electron chi connectivity index (χ0n) is 73.2. The van der Waals surface area contributed by atoms with Crippen molar-refractivity contribution in [2.24, 2.45) is 35.5 Å². The summed E-state index contributed by atoms with van der Waals surface area (Å²) < 4.78 is 136. The molecule has 0 saturated heterocycles. The van der Waals surface area contributed by atoms with Crippen LogP contribution < -0.4 is 28.1 Å². The van der Waals surface area contributed by atoms with Crippen LogP contribution in [0.2, 0.25) is 0 Å². The summed E-state index contributed by atoms with van der Waals surface area (Å²) in [5, 5.41) is 19.7. The fourth-order valence-electron chi connectivity index (χ4n) is 16.0. The minimum atomic E-state index is -4.71. The van der Waals surface area contributed by atoms with Gasteiger partial charge in [0.05, 0.1) is 138 Å². The maximum absolute atomic E-state index is 13.5. The number of aliphatic carboxylic acids is 1. The number of alkyl halides is 9. The lowest BCUT2D eigenvalue weighted by atomic mass is 9.81. The number of rotatable bonds is 26. The number of Topliss-reactive ketones (excluding diaryl/α,β-unsaturated/α-hetero) is 3. The van der Waals surface area contributed by atoms with E-state index in [9.17, 15) is 92.3 Å². The Morgan fingerprint density at radius 3 is 1.15 bits per heavy atom. The molecule has 0 aliphatic heterocycles. The van der Waals surface area contributed by atoms with Gasteiger partial charge in [-0.3, -0.25) is 48.3 Å². The minimum absolute atomic E-state index is 0.0881. The van der Waals surface area contributed by atoms with E-state index in [1.54, 1.807) is 30.3 Å². The van der Waals surface area contributed by atoms with E-state index >= 15 is 0 Å². The van der Waals surface area contributed by atoms with Gasteiger partial charge in [0, 0.05) is 54.2 Å². The zero-order chi connectivity index (χ0) is 95.6. The van der Waals surface area contributed by atoms with Crippen LogP contribution in [0.25, 0.3) is 10.9 Å². The van der Waals surface area contributed by atoms with Crippen LogP contribution in [-0.4, -0.2) is 133 Å². The van der Waals surface area contributed by atoms with Gasteiger partial charge >= 0.3 is 54.3 Å². The van der Waals surface area contributed by atoms with Crippen LogP contribution in [0.15, 0.2) is 139 Å². The van der Waals surface area contributed by atoms with Crippen molar-refractivity contribution in [2.75, 3.05) is 45.6 Å². The van der Waals surface area contributed by atoms with Gasteiger partial charge < -0.3 is 51.7 Å². The fourth-order valence-corrected chi connectivity index (χ4v) is 16.0. The Kier molecular flexibility index (Phi) is 40.6. The molecular weight excluding hydrogens is 1710 g/mol. The van der Waals surface area contributed by atoms with Crippen LogP contribution in [0, 0.1) is 35.5 Å². The summed E-state index contributed by atoms with van der Waals surface area (Å²) in [7, 11) is 5.16. The standard InChI is InChI=1S/C26H26F3N3O4.C25H28F3N3O4.C18H25NO3.C10H18O2.C8H6F3NO2.C7H8N2O2/c1-36-25(35)17-10-11-18(30-14-17)13-22(33)21(12-16-6-3-2-4-7-16)32-15-31-23-19(24(32)34)8-5-9-20(23)26(27,28)29;1-35-24(34)16-10-11-17(30-14-16)13-21(32)20(12-15-6-3-2-4-7-15)31-23(33)18-8-5-9-19(22(18)29)25(26,27)28;1-13(10-14-6-4-3-5-7-14)17(20)11-16-9-8-15(12-19-16)18(21)22-2;1-8(10(11)12)7-9-5-3-2-4-6-9;9-8(10,11)5-3-1-2-4(6(5)12)7(13)14;1-11-7(10)5-2-3-6(8)9-4-5/h5,8-11,14-16,21H,2-4,6-7,12-13H2,1H3;5,8-11,14-15,20H,2-4,6-7,12-13,29H2,1H3,(H,31,33);8-9,12-14H,3-7,10-11H2,1-2H3;8-9H,2-7H2,1H3,(H,11,12);1-3H,12H2,(H,13,14);2-4H,1H3,(H2,8,9)/t21-;;;;;/m1...../s1. The maximum atomic E-state index is 13.5. The van der Waals surface area contributed by atoms with Gasteiger partial charge in [0.15, 0.2) is 11.6 Å². The van der Waals surface area contributed by atoms with E-state index < -0.39 is 117 Å². The molecule has 3 unspecified atom stereocenters. The highest BCUT2D eigenvalue weighted by Gasteiger charge is 2.39. The number of nitrogen functional groups attached to an aromatic ring is 3. The minimum Gasteiger partial charge on any atom is -0.481 e. The number of esters is 4. The first-order chi connectivity index (χ1) is 61.6. The Bertz CT molecular complexity index is 5170. The number of ketones is 3. The molecule has 4 atom stereocenters. The summed E-state index contributed by atoms with van der Waals surface area (Å²) in [4.78, 5) is 152. The van der Waals surface area contributed by atoms with Crippen molar-refractivity contribution in [1.29, 1.82) is 0 Å². The molecule has 0 bridgehead atoms. The molecule has 0 radical (unpaired) electrons. The summed E-state index contributed by atoms with van der Waals surface area (Å²) in [6.07, 6.45) is 18.2. The first-order valence-corrected chi connectivity index (χ1v) is 42.9. The molecular formula is C94H111F9N10O17. The third kappa shape index (κ3) is 32.3. The monoisotopic (exact) mass is 1820 g/mol. The van der Waals surface area contributed by atoms with Crippen LogP contribution in [-0.2, 0) is 75.9 Å². The van der Waals surface area contributed by atoms with Gasteiger partial charge in [-0.2, -0.15) is 39.5 Å². The van der Waals surface area contributed by atoms with Crippen molar-refractivity contribution >= 4 is 87.2 Å². The second-order valence-corrected chi connectivity index (χ2v) is 32.6. The van der Waals surface area contributed by atoms with Gasteiger partial charge in [0.2, 0.25) is 0 Å². The number of carbonyl (C=O) groups is 10. The molecule has 1 amide bonds. The lowest BCUT2D eigenvalue weighted by Crippen LogP contribution is -2.43. The van der Waals surface area contributed by atoms with E-state index in [2.05, 4.69) is 49.2 Å². The van der Waals surface area contributed by atoms with Gasteiger partial charge in [0.25, 0.3) is 11.5 Å². The van der Waals surface area contributed by atoms with Gasteiger partial charge in [-0.05, 0) is 134 Å². The Hall–Kier alpha value is -12.5. The second kappa shape index (κ2) is 50.4. The number of aromatic nitrogens is 6. The third-order valence-electron chi connectivity index (χ3n) is 23.2. The lowest BCUT2D eigenvalue weighted by Gasteiger charge is -2.27. The number of ether oxygens (including phenoxy) is 4. The predicted molar refractivity (Wildman–Crippen MR) is 464 cm³/mol. The molecule has 36 heteroatoms. The molecule has 12 rings (SSSR count). The summed E-state index contributed by atoms with van der Waals surface area (Å²) >= 11 is 0. The fraction of sp³-hybridized carbons (Fsp3) is 0.468. The quantitative estimate of drug-likeness (QED) is 0.0127. The molecule has 5 heterocycles. The van der Waals surface area contributed by atoms with Crippen LogP contribution >= 0.6 is 0 Å². The van der Waals surface area contributed by atoms with E-state index in [1.165, 1.54) is 158 Å². The van der Waals surface area contributed by atoms with Gasteiger partial charge in [0.1, 0.15) is 11.6 Å². The molecule has 3 aromatic carbocycles. The number of methoxy groups -OCH3 is 4. The molecule has 0 spiro atoms. The summed E-state index contributed by atoms with van der Waals surface area (Å²) in [6, 6.07) is 20.0. The van der Waals surface area contributed by atoms with Crippen molar-refractivity contribution in [3.63, 3.8) is 0 Å². The molecule has 9 N–H and O–H groups in total. The number of amides is 1. The van der Waals surface area contributed by atoms with Crippen LogP contribution in [0.3, 0.4) is 0 Å². The summed E-state index contributed by atoms with van der Waals surface area (Å²) in [5.74, 6) is -3.11. The molecule has 4 aliphatic rings. The number of halogens is 9. The number of hydrogen-bond donors (Lipinski definition) is 6. The first-order valence-electron chi connectivity index (χ1n) is 42.9. The van der Waals surface area contributed by atoms with Gasteiger partial charge in [-0.1, -0.05) is 160 Å². The van der Waals surface area contributed by atoms with Gasteiger partial charge in [-0.25, -0.2) is 33.9 Å². The third-order valence-corrected chi connectivity index (χ3v) is 23.2. The van der Waals surface area contributed by atoms with Crippen LogP contribution in [0.4, 0.5) is 56.7 Å². The van der Waals surface area contributed by atoms with E-state index in [4.69, 9.17) is 27.4 Å². The average Bonchev–Trinajstić information content (AvgIpc) is 0.764. The molecule has 4 fully saturated rings. The van der Waals surface area contributed by atoms with Crippen molar-refractivity contribution in [3.05, 3.63) is 212 Å². The van der Waals surface area contributed by atoms with E-state index in [1.807, 2.05) is 13.8 Å². The first kappa shape index (κ1) is 105. The number of nitrogens with two attached hydrogens (primary N) is 3. The smallest absolute Gasteiger partial charge is 0.418 e. The topological polar surface area (TPSA) is 425 Å². The Balaban J connectivity index is 0.000000226. The van der Waals surface area contributed by atoms with Crippen molar-refractivity contribution in [2.45, 2.75) is 218 Å². The zero-order valence-corrected chi connectivity index (χ0v) is 73.2. The average molecular weight is 1820 g/mol. The molecule has 130 heavy (non-hydrogen) atoms. The number of anilines is 3. The number of nitrogens with zero attached hydrogens (tertiary/aromatic N) is 6. The SMILES string of the molecule is CC(CC1CCCCC1)C(=O)O.COC(=O)c1ccc(CC(=O)C(C)CC2CCCCC2)nc1.COC(=O)c1ccc(CC(=O)C(CC2CCCCC2)NC(=O)c2cccc(C(F)(F)F)c2N)nc1.COC(=O)c1ccc(CC(=O)[C@@H](CC2CCCCC2)n2cnc3c(C(F)(F)F)cccc3c2=O)nc1.COC(=O)c1ccc(N)nc1.Nc1c(C(=O)O)cccc1C(F)(F)F. The second-order valence-electron chi connectivity index (χ2n) is 32.6. The number of carbonyl (C=O) groups excluding carboxylic acids is 8.